The molecule has 1 aromatic heterocycles. The van der Waals surface area contributed by atoms with E-state index in [0.29, 0.717) is 12.5 Å². The van der Waals surface area contributed by atoms with Gasteiger partial charge < -0.3 is 14.7 Å². The predicted molar refractivity (Wildman–Crippen MR) is 66.9 cm³/mol. The molecule has 1 N–H and O–H groups in total. The molecule has 5 heteroatoms. The molecule has 1 aliphatic rings. The summed E-state index contributed by atoms with van der Waals surface area (Å²) in [5.41, 5.74) is 0.127. The first-order valence-electron chi connectivity index (χ1n) is 6.16. The number of hydrogen-bond donors (Lipinski definition) is 1. The zero-order valence-electron chi connectivity index (χ0n) is 10.5. The van der Waals surface area contributed by atoms with Gasteiger partial charge in [-0.2, -0.15) is 0 Å². The summed E-state index contributed by atoms with van der Waals surface area (Å²) in [4.78, 5) is 17.3. The molecule has 1 atom stereocenters. The summed E-state index contributed by atoms with van der Waals surface area (Å²) in [6.45, 7) is 2.65. The summed E-state index contributed by atoms with van der Waals surface area (Å²) >= 11 is 0. The molecule has 0 aromatic carbocycles. The second-order valence-corrected chi connectivity index (χ2v) is 4.74. The van der Waals surface area contributed by atoms with Crippen molar-refractivity contribution in [1.82, 2.24) is 9.88 Å². The van der Waals surface area contributed by atoms with Gasteiger partial charge in [-0.25, -0.2) is 9.78 Å². The summed E-state index contributed by atoms with van der Waals surface area (Å²) in [7, 11) is 2.09. The van der Waals surface area contributed by atoms with Crippen molar-refractivity contribution in [3.63, 3.8) is 0 Å². The molecule has 1 aliphatic heterocycles. The van der Waals surface area contributed by atoms with Crippen LogP contribution in [0.1, 0.15) is 23.2 Å². The van der Waals surface area contributed by atoms with Crippen LogP contribution in [0.4, 0.5) is 0 Å². The Hall–Kier alpha value is -1.62. The molecule has 0 amide bonds. The maximum absolute atomic E-state index is 11.0. The van der Waals surface area contributed by atoms with Crippen LogP contribution in [0.5, 0.6) is 5.88 Å². The third kappa shape index (κ3) is 3.20. The Morgan fingerprint density at radius 1 is 1.67 bits per heavy atom. The van der Waals surface area contributed by atoms with Gasteiger partial charge in [-0.05, 0) is 38.6 Å². The zero-order valence-corrected chi connectivity index (χ0v) is 10.5. The smallest absolute Gasteiger partial charge is 0.341 e. The van der Waals surface area contributed by atoms with E-state index in [2.05, 4.69) is 16.9 Å². The van der Waals surface area contributed by atoms with Crippen LogP contribution in [-0.2, 0) is 0 Å². The van der Waals surface area contributed by atoms with E-state index in [1.54, 1.807) is 12.3 Å². The maximum Gasteiger partial charge on any atom is 0.341 e. The van der Waals surface area contributed by atoms with Gasteiger partial charge in [0.15, 0.2) is 0 Å². The Morgan fingerprint density at radius 3 is 3.22 bits per heavy atom. The number of pyridine rings is 1. The van der Waals surface area contributed by atoms with E-state index < -0.39 is 5.97 Å². The van der Waals surface area contributed by atoms with Crippen molar-refractivity contribution in [2.45, 2.75) is 12.8 Å². The molecule has 5 nitrogen and oxygen atoms in total. The highest BCUT2D eigenvalue weighted by Crippen LogP contribution is 2.19. The minimum absolute atomic E-state index is 0.127. The number of nitrogens with zero attached hydrogens (tertiary/aromatic N) is 2. The Morgan fingerprint density at radius 2 is 2.50 bits per heavy atom. The SMILES string of the molecule is CN1CCCC(COc2ncccc2C(=O)O)C1. The van der Waals surface area contributed by atoms with E-state index in [9.17, 15) is 4.79 Å². The molecule has 0 radical (unpaired) electrons. The molecule has 2 rings (SSSR count). The van der Waals surface area contributed by atoms with E-state index in [1.807, 2.05) is 0 Å². The first-order chi connectivity index (χ1) is 8.66. The van der Waals surface area contributed by atoms with Crippen LogP contribution in [0.2, 0.25) is 0 Å². The standard InChI is InChI=1S/C13H18N2O3/c1-15-7-3-4-10(8-15)9-18-12-11(13(16)17)5-2-6-14-12/h2,5-6,10H,3-4,7-9H2,1H3,(H,16,17). The van der Waals surface area contributed by atoms with E-state index in [4.69, 9.17) is 9.84 Å². The maximum atomic E-state index is 11.0. The fourth-order valence-corrected chi connectivity index (χ4v) is 2.27. The lowest BCUT2D eigenvalue weighted by Gasteiger charge is -2.29. The van der Waals surface area contributed by atoms with Gasteiger partial charge >= 0.3 is 5.97 Å². The largest absolute Gasteiger partial charge is 0.477 e. The number of carbonyl (C=O) groups is 1. The molecular formula is C13H18N2O3. The van der Waals surface area contributed by atoms with Crippen molar-refractivity contribution in [2.24, 2.45) is 5.92 Å². The highest BCUT2D eigenvalue weighted by atomic mass is 16.5. The van der Waals surface area contributed by atoms with Crippen molar-refractivity contribution in [1.29, 1.82) is 0 Å². The second kappa shape index (κ2) is 5.82. The van der Waals surface area contributed by atoms with E-state index >= 15 is 0 Å². The Labute approximate surface area is 106 Å². The van der Waals surface area contributed by atoms with E-state index in [1.165, 1.54) is 12.5 Å². The summed E-state index contributed by atoms with van der Waals surface area (Å²) in [6.07, 6.45) is 3.84. The number of piperidine rings is 1. The second-order valence-electron chi connectivity index (χ2n) is 4.74. The van der Waals surface area contributed by atoms with Gasteiger partial charge in [0.2, 0.25) is 5.88 Å². The first-order valence-corrected chi connectivity index (χ1v) is 6.16. The monoisotopic (exact) mass is 250 g/mol. The topological polar surface area (TPSA) is 62.7 Å². The molecule has 0 spiro atoms. The summed E-state index contributed by atoms with van der Waals surface area (Å²) in [5, 5.41) is 9.02. The molecule has 98 valence electrons. The van der Waals surface area contributed by atoms with Crippen molar-refractivity contribution < 1.29 is 14.6 Å². The number of carboxylic acids is 1. The van der Waals surface area contributed by atoms with Gasteiger partial charge in [-0.15, -0.1) is 0 Å². The van der Waals surface area contributed by atoms with Gasteiger partial charge in [0.25, 0.3) is 0 Å². The molecule has 1 saturated heterocycles. The van der Waals surface area contributed by atoms with Gasteiger partial charge in [-0.1, -0.05) is 0 Å². The molecule has 0 bridgehead atoms. The molecule has 1 fully saturated rings. The van der Waals surface area contributed by atoms with Crippen LogP contribution < -0.4 is 4.74 Å². The highest BCUT2D eigenvalue weighted by Gasteiger charge is 2.19. The van der Waals surface area contributed by atoms with Crippen LogP contribution in [0.25, 0.3) is 0 Å². The van der Waals surface area contributed by atoms with Crippen LogP contribution >= 0.6 is 0 Å². The molecule has 1 unspecified atom stereocenters. The minimum Gasteiger partial charge on any atom is -0.477 e. The molecule has 2 heterocycles. The van der Waals surface area contributed by atoms with Crippen LogP contribution in [-0.4, -0.2) is 47.7 Å². The van der Waals surface area contributed by atoms with Gasteiger partial charge in [0, 0.05) is 18.7 Å². The average Bonchev–Trinajstić information content (AvgIpc) is 2.37. The van der Waals surface area contributed by atoms with Crippen LogP contribution in [0.3, 0.4) is 0 Å². The van der Waals surface area contributed by atoms with Crippen molar-refractivity contribution in [3.8, 4) is 5.88 Å². The number of hydrogen-bond acceptors (Lipinski definition) is 4. The number of likely N-dealkylation sites (tertiary alicyclic amines) is 1. The molecule has 0 saturated carbocycles. The molecule has 1 aromatic rings. The Kier molecular flexibility index (Phi) is 4.15. The van der Waals surface area contributed by atoms with Crippen molar-refractivity contribution in [3.05, 3.63) is 23.9 Å². The number of ether oxygens (including phenoxy) is 1. The average molecular weight is 250 g/mol. The van der Waals surface area contributed by atoms with Gasteiger partial charge in [0.05, 0.1) is 6.61 Å². The summed E-state index contributed by atoms with van der Waals surface area (Å²) in [5.74, 6) is -0.329. The third-order valence-electron chi connectivity index (χ3n) is 3.18. The van der Waals surface area contributed by atoms with Crippen molar-refractivity contribution >= 4 is 5.97 Å². The fraction of sp³-hybridized carbons (Fsp3) is 0.538. The number of aromatic carboxylic acids is 1. The lowest BCUT2D eigenvalue weighted by Crippen LogP contribution is -2.35. The summed E-state index contributed by atoms with van der Waals surface area (Å²) in [6, 6.07) is 3.11. The lowest BCUT2D eigenvalue weighted by molar-refractivity contribution is 0.0688. The number of carboxylic acid groups (broad SMARTS) is 1. The van der Waals surface area contributed by atoms with Crippen LogP contribution in [0.15, 0.2) is 18.3 Å². The van der Waals surface area contributed by atoms with Gasteiger partial charge in [0.1, 0.15) is 5.56 Å². The summed E-state index contributed by atoms with van der Waals surface area (Å²) < 4.78 is 5.57. The predicted octanol–water partition coefficient (Wildman–Crippen LogP) is 1.50. The molecule has 18 heavy (non-hydrogen) atoms. The Bertz CT molecular complexity index is 422. The van der Waals surface area contributed by atoms with Crippen LogP contribution in [0, 0.1) is 5.92 Å². The van der Waals surface area contributed by atoms with Crippen molar-refractivity contribution in [2.75, 3.05) is 26.7 Å². The quantitative estimate of drug-likeness (QED) is 0.877. The molecule has 0 aliphatic carbocycles. The third-order valence-corrected chi connectivity index (χ3v) is 3.18. The highest BCUT2D eigenvalue weighted by molar-refractivity contribution is 5.90. The zero-order chi connectivity index (χ0) is 13.0. The fourth-order valence-electron chi connectivity index (χ4n) is 2.27. The normalized spacial score (nSPS) is 20.6. The Balaban J connectivity index is 1.95. The number of aromatic nitrogens is 1. The molecular weight excluding hydrogens is 232 g/mol. The van der Waals surface area contributed by atoms with E-state index in [-0.39, 0.29) is 11.4 Å². The lowest BCUT2D eigenvalue weighted by atomic mass is 10.00. The number of rotatable bonds is 4. The minimum atomic E-state index is -1.00. The van der Waals surface area contributed by atoms with Gasteiger partial charge in [-0.3, -0.25) is 0 Å². The first kappa shape index (κ1) is 12.8. The van der Waals surface area contributed by atoms with E-state index in [0.717, 1.165) is 19.5 Å².